The molecule has 5 nitrogen and oxygen atoms in total. The van der Waals surface area contributed by atoms with Gasteiger partial charge in [0.15, 0.2) is 21.3 Å². The molecule has 23 heavy (non-hydrogen) atoms. The van der Waals surface area contributed by atoms with Crippen molar-refractivity contribution in [3.63, 3.8) is 0 Å². The van der Waals surface area contributed by atoms with E-state index in [-0.39, 0.29) is 5.75 Å². The van der Waals surface area contributed by atoms with E-state index in [1.54, 1.807) is 48.5 Å². The zero-order chi connectivity index (χ0) is 16.9. The van der Waals surface area contributed by atoms with Crippen LogP contribution in [0.5, 0.6) is 11.5 Å². The number of sulfone groups is 1. The normalized spacial score (nSPS) is 11.0. The van der Waals surface area contributed by atoms with E-state index >= 15 is 0 Å². The van der Waals surface area contributed by atoms with Crippen molar-refractivity contribution >= 4 is 15.8 Å². The zero-order valence-corrected chi connectivity index (χ0v) is 13.8. The number of carbonyl (C=O) groups is 1. The van der Waals surface area contributed by atoms with Gasteiger partial charge in [-0.3, -0.25) is 0 Å². The first-order valence-electron chi connectivity index (χ1n) is 7.09. The van der Waals surface area contributed by atoms with Crippen LogP contribution in [0.15, 0.2) is 48.5 Å². The van der Waals surface area contributed by atoms with Crippen molar-refractivity contribution in [1.29, 1.82) is 0 Å². The second-order valence-electron chi connectivity index (χ2n) is 5.04. The standard InChI is InChI=1S/C17H18O5S/c1-3-21-15-6-4-5-7-16(15)22-17(18)14-10-8-13(9-11-14)12-23(2,19)20/h4-11H,3,12H2,1-2H3. The zero-order valence-electron chi connectivity index (χ0n) is 13.0. The highest BCUT2D eigenvalue weighted by atomic mass is 32.2. The maximum atomic E-state index is 12.2. The Bertz CT molecular complexity index is 779. The summed E-state index contributed by atoms with van der Waals surface area (Å²) in [5.74, 6) is 0.259. The number of hydrogen-bond acceptors (Lipinski definition) is 5. The number of hydrogen-bond donors (Lipinski definition) is 0. The van der Waals surface area contributed by atoms with E-state index < -0.39 is 15.8 Å². The maximum Gasteiger partial charge on any atom is 0.343 e. The van der Waals surface area contributed by atoms with E-state index in [2.05, 4.69) is 0 Å². The van der Waals surface area contributed by atoms with E-state index in [4.69, 9.17) is 9.47 Å². The molecule has 0 fully saturated rings. The molecule has 0 atom stereocenters. The van der Waals surface area contributed by atoms with Gasteiger partial charge in [0.05, 0.1) is 17.9 Å². The third kappa shape index (κ3) is 5.10. The van der Waals surface area contributed by atoms with Crippen LogP contribution in [0.1, 0.15) is 22.8 Å². The Hall–Kier alpha value is -2.34. The van der Waals surface area contributed by atoms with Crippen molar-refractivity contribution in [2.75, 3.05) is 12.9 Å². The Morgan fingerprint density at radius 1 is 1.00 bits per heavy atom. The first kappa shape index (κ1) is 17.0. The Morgan fingerprint density at radius 2 is 1.61 bits per heavy atom. The highest BCUT2D eigenvalue weighted by Crippen LogP contribution is 2.27. The number of carbonyl (C=O) groups excluding carboxylic acids is 1. The smallest absolute Gasteiger partial charge is 0.343 e. The molecule has 2 rings (SSSR count). The lowest BCUT2D eigenvalue weighted by Crippen LogP contribution is -2.10. The van der Waals surface area contributed by atoms with E-state index in [0.717, 1.165) is 0 Å². The molecule has 0 aliphatic rings. The SMILES string of the molecule is CCOc1ccccc1OC(=O)c1ccc(CS(C)(=O)=O)cc1. The molecular formula is C17H18O5S. The second kappa shape index (κ2) is 7.28. The van der Waals surface area contributed by atoms with E-state index in [1.165, 1.54) is 6.26 Å². The van der Waals surface area contributed by atoms with Gasteiger partial charge in [-0.1, -0.05) is 24.3 Å². The minimum absolute atomic E-state index is 0.0600. The van der Waals surface area contributed by atoms with Gasteiger partial charge < -0.3 is 9.47 Å². The highest BCUT2D eigenvalue weighted by Gasteiger charge is 2.13. The minimum Gasteiger partial charge on any atom is -0.490 e. The van der Waals surface area contributed by atoms with Crippen molar-refractivity contribution in [1.82, 2.24) is 0 Å². The summed E-state index contributed by atoms with van der Waals surface area (Å²) in [5, 5.41) is 0. The summed E-state index contributed by atoms with van der Waals surface area (Å²) in [6.45, 7) is 2.31. The molecule has 2 aromatic rings. The van der Waals surface area contributed by atoms with E-state index in [1.807, 2.05) is 6.92 Å². The third-order valence-electron chi connectivity index (χ3n) is 2.97. The number of rotatable bonds is 6. The van der Waals surface area contributed by atoms with Gasteiger partial charge in [0.2, 0.25) is 0 Å². The molecule has 0 heterocycles. The fourth-order valence-electron chi connectivity index (χ4n) is 2.01. The molecule has 0 unspecified atom stereocenters. The largest absolute Gasteiger partial charge is 0.490 e. The van der Waals surface area contributed by atoms with Crippen LogP contribution in [0.2, 0.25) is 0 Å². The monoisotopic (exact) mass is 334 g/mol. The lowest BCUT2D eigenvalue weighted by atomic mass is 10.1. The first-order valence-corrected chi connectivity index (χ1v) is 9.16. The molecule has 0 saturated carbocycles. The summed E-state index contributed by atoms with van der Waals surface area (Å²) >= 11 is 0. The van der Waals surface area contributed by atoms with Gasteiger partial charge in [0.1, 0.15) is 0 Å². The molecular weight excluding hydrogens is 316 g/mol. The lowest BCUT2D eigenvalue weighted by Gasteiger charge is -2.10. The Kier molecular flexibility index (Phi) is 5.39. The average Bonchev–Trinajstić information content (AvgIpc) is 2.48. The van der Waals surface area contributed by atoms with Crippen molar-refractivity contribution in [3.8, 4) is 11.5 Å². The summed E-state index contributed by atoms with van der Waals surface area (Å²) in [7, 11) is -3.10. The maximum absolute atomic E-state index is 12.2. The number of ether oxygens (including phenoxy) is 2. The predicted octanol–water partition coefficient (Wildman–Crippen LogP) is 2.85. The van der Waals surface area contributed by atoms with Gasteiger partial charge in [-0.05, 0) is 36.8 Å². The van der Waals surface area contributed by atoms with Crippen LogP contribution in [0.25, 0.3) is 0 Å². The van der Waals surface area contributed by atoms with Crippen LogP contribution in [-0.4, -0.2) is 27.2 Å². The van der Waals surface area contributed by atoms with Crippen LogP contribution < -0.4 is 9.47 Å². The van der Waals surface area contributed by atoms with Crippen molar-refractivity contribution in [2.24, 2.45) is 0 Å². The molecule has 0 amide bonds. The fraction of sp³-hybridized carbons (Fsp3) is 0.235. The minimum atomic E-state index is -3.10. The van der Waals surface area contributed by atoms with Gasteiger partial charge >= 0.3 is 5.97 Å². The molecule has 0 radical (unpaired) electrons. The summed E-state index contributed by atoms with van der Waals surface area (Å²) in [5.41, 5.74) is 0.965. The Labute approximate surface area is 135 Å². The molecule has 0 bridgehead atoms. The van der Waals surface area contributed by atoms with Gasteiger partial charge in [-0.25, -0.2) is 13.2 Å². The van der Waals surface area contributed by atoms with Gasteiger partial charge in [-0.2, -0.15) is 0 Å². The Balaban J connectivity index is 2.12. The molecule has 122 valence electrons. The van der Waals surface area contributed by atoms with Crippen LogP contribution in [0.4, 0.5) is 0 Å². The van der Waals surface area contributed by atoms with Crippen LogP contribution >= 0.6 is 0 Å². The summed E-state index contributed by atoms with van der Waals surface area (Å²) in [6.07, 6.45) is 1.17. The number of benzene rings is 2. The molecule has 0 N–H and O–H groups in total. The number of para-hydroxylation sites is 2. The molecule has 0 aromatic heterocycles. The highest BCUT2D eigenvalue weighted by molar-refractivity contribution is 7.89. The molecule has 6 heteroatoms. The van der Waals surface area contributed by atoms with Gasteiger partial charge in [0, 0.05) is 6.26 Å². The number of esters is 1. The lowest BCUT2D eigenvalue weighted by molar-refractivity contribution is 0.0728. The van der Waals surface area contributed by atoms with Gasteiger partial charge in [-0.15, -0.1) is 0 Å². The summed E-state index contributed by atoms with van der Waals surface area (Å²) < 4.78 is 33.3. The molecule has 0 spiro atoms. The molecule has 0 saturated heterocycles. The Morgan fingerprint density at radius 3 is 2.17 bits per heavy atom. The molecule has 2 aromatic carbocycles. The van der Waals surface area contributed by atoms with Crippen LogP contribution in [0, 0.1) is 0 Å². The molecule has 0 aliphatic carbocycles. The van der Waals surface area contributed by atoms with Crippen molar-refractivity contribution in [3.05, 3.63) is 59.7 Å². The quantitative estimate of drug-likeness (QED) is 0.600. The predicted molar refractivity (Wildman–Crippen MR) is 87.6 cm³/mol. The summed E-state index contributed by atoms with van der Waals surface area (Å²) in [4.78, 5) is 12.2. The second-order valence-corrected chi connectivity index (χ2v) is 7.18. The summed E-state index contributed by atoms with van der Waals surface area (Å²) in [6, 6.07) is 13.2. The van der Waals surface area contributed by atoms with Gasteiger partial charge in [0.25, 0.3) is 0 Å². The van der Waals surface area contributed by atoms with Crippen LogP contribution in [0.3, 0.4) is 0 Å². The third-order valence-corrected chi connectivity index (χ3v) is 3.83. The van der Waals surface area contributed by atoms with Crippen molar-refractivity contribution in [2.45, 2.75) is 12.7 Å². The average molecular weight is 334 g/mol. The molecule has 0 aliphatic heterocycles. The topological polar surface area (TPSA) is 69.7 Å². The van der Waals surface area contributed by atoms with E-state index in [9.17, 15) is 13.2 Å². The van der Waals surface area contributed by atoms with E-state index in [0.29, 0.717) is 29.2 Å². The van der Waals surface area contributed by atoms with Crippen molar-refractivity contribution < 1.29 is 22.7 Å². The fourth-order valence-corrected chi connectivity index (χ4v) is 2.81. The van der Waals surface area contributed by atoms with Crippen LogP contribution in [-0.2, 0) is 15.6 Å². The first-order chi connectivity index (χ1) is 10.9.